The summed E-state index contributed by atoms with van der Waals surface area (Å²) in [4.78, 5) is 9.82. The first-order valence-corrected chi connectivity index (χ1v) is 10.5. The molecule has 0 aliphatic rings. The van der Waals surface area contributed by atoms with Crippen molar-refractivity contribution in [2.75, 3.05) is 26.2 Å². The largest absolute Gasteiger partial charge is 0.550 e. The minimum Gasteiger partial charge on any atom is -0.550 e. The Hall–Kier alpha value is -0.570. The first-order chi connectivity index (χ1) is 11.4. The highest BCUT2D eigenvalue weighted by Gasteiger charge is 2.24. The normalized spacial score (nSPS) is 12.4. The van der Waals surface area contributed by atoms with E-state index in [0.717, 1.165) is 0 Å². The number of hydrogen-bond donors (Lipinski definition) is 0. The fourth-order valence-corrected chi connectivity index (χ4v) is 2.81. The molecule has 0 rings (SSSR count). The molecule has 3 heteroatoms. The van der Waals surface area contributed by atoms with Gasteiger partial charge in [-0.25, -0.2) is 0 Å². The maximum atomic E-state index is 9.82. The third kappa shape index (κ3) is 13.8. The van der Waals surface area contributed by atoms with Crippen molar-refractivity contribution in [1.82, 2.24) is 0 Å². The number of unbranched alkanes of at least 4 members (excludes halogenated alkanes) is 4. The van der Waals surface area contributed by atoms with E-state index in [-0.39, 0.29) is 5.92 Å². The lowest BCUT2D eigenvalue weighted by Crippen LogP contribution is -2.50. The molecule has 0 spiro atoms. The Morgan fingerprint density at radius 1 is 0.750 bits per heavy atom. The Balaban J connectivity index is 0. The molecule has 0 fully saturated rings. The smallest absolute Gasteiger partial charge is 0.0786 e. The fraction of sp³-hybridized carbons (Fsp3) is 0.952. The third-order valence-corrected chi connectivity index (χ3v) is 4.96. The zero-order chi connectivity index (χ0) is 18.8. The number of aliphatic carboxylic acids is 1. The Bertz CT molecular complexity index is 242. The van der Waals surface area contributed by atoms with Gasteiger partial charge in [0.15, 0.2) is 0 Å². The molecule has 0 N–H and O–H groups in total. The molecule has 0 radical (unpaired) electrons. The van der Waals surface area contributed by atoms with Gasteiger partial charge in [-0.15, -0.1) is 0 Å². The van der Waals surface area contributed by atoms with Crippen LogP contribution >= 0.6 is 0 Å². The van der Waals surface area contributed by atoms with Crippen LogP contribution in [0.4, 0.5) is 0 Å². The van der Waals surface area contributed by atoms with E-state index in [9.17, 15) is 9.90 Å². The summed E-state index contributed by atoms with van der Waals surface area (Å²) in [5.74, 6) is -1.25. The van der Waals surface area contributed by atoms with Crippen molar-refractivity contribution in [2.45, 2.75) is 99.3 Å². The summed E-state index contributed by atoms with van der Waals surface area (Å²) in [6, 6.07) is 0. The third-order valence-electron chi connectivity index (χ3n) is 4.96. The minimum atomic E-state index is -0.956. The maximum absolute atomic E-state index is 9.82. The lowest BCUT2D eigenvalue weighted by atomic mass is 10.1. The lowest BCUT2D eigenvalue weighted by molar-refractivity contribution is -0.929. The van der Waals surface area contributed by atoms with Gasteiger partial charge in [-0.2, -0.15) is 0 Å². The second-order valence-corrected chi connectivity index (χ2v) is 7.28. The quantitative estimate of drug-likeness (QED) is 0.426. The predicted octanol–water partition coefficient (Wildman–Crippen LogP) is 4.79. The van der Waals surface area contributed by atoms with Crippen LogP contribution in [0.25, 0.3) is 0 Å². The molecule has 0 aromatic rings. The van der Waals surface area contributed by atoms with Crippen LogP contribution in [0.3, 0.4) is 0 Å². The van der Waals surface area contributed by atoms with E-state index in [1.807, 2.05) is 6.92 Å². The summed E-state index contributed by atoms with van der Waals surface area (Å²) < 4.78 is 1.42. The van der Waals surface area contributed by atoms with Gasteiger partial charge in [0.1, 0.15) is 0 Å². The number of quaternary nitrogens is 1. The molecule has 0 aliphatic heterocycles. The zero-order valence-electron chi connectivity index (χ0n) is 17.5. The van der Waals surface area contributed by atoms with E-state index >= 15 is 0 Å². The second-order valence-electron chi connectivity index (χ2n) is 7.28. The number of nitrogens with zero attached hydrogens (tertiary/aromatic N) is 1. The number of carbonyl (C=O) groups is 1. The van der Waals surface area contributed by atoms with Gasteiger partial charge in [-0.1, -0.05) is 67.2 Å². The second kappa shape index (κ2) is 17.3. The summed E-state index contributed by atoms with van der Waals surface area (Å²) in [6.45, 7) is 18.5. The van der Waals surface area contributed by atoms with Gasteiger partial charge in [0.25, 0.3) is 0 Å². The maximum Gasteiger partial charge on any atom is 0.0786 e. The summed E-state index contributed by atoms with van der Waals surface area (Å²) in [5.41, 5.74) is 0. The molecule has 0 aromatic heterocycles. The first-order valence-electron chi connectivity index (χ1n) is 10.5. The molecule has 3 nitrogen and oxygen atoms in total. The average molecular weight is 344 g/mol. The number of carbonyl (C=O) groups excluding carboxylic acids is 1. The van der Waals surface area contributed by atoms with Crippen LogP contribution in [0.5, 0.6) is 0 Å². The average Bonchev–Trinajstić information content (AvgIpc) is 2.60. The highest BCUT2D eigenvalue weighted by Crippen LogP contribution is 2.16. The molecular weight excluding hydrogens is 298 g/mol. The highest BCUT2D eigenvalue weighted by atomic mass is 16.4. The molecule has 0 heterocycles. The Morgan fingerprint density at radius 3 is 1.17 bits per heavy atom. The van der Waals surface area contributed by atoms with Gasteiger partial charge in [0.2, 0.25) is 0 Å². The minimum absolute atomic E-state index is 0.292. The molecule has 1 atom stereocenters. The predicted molar refractivity (Wildman–Crippen MR) is 104 cm³/mol. The Morgan fingerprint density at radius 2 is 1.04 bits per heavy atom. The highest BCUT2D eigenvalue weighted by molar-refractivity contribution is 5.66. The van der Waals surface area contributed by atoms with Gasteiger partial charge in [0.05, 0.1) is 26.2 Å². The van der Waals surface area contributed by atoms with Crippen molar-refractivity contribution in [3.63, 3.8) is 0 Å². The van der Waals surface area contributed by atoms with E-state index in [1.54, 1.807) is 6.92 Å². The first kappa shape index (κ1) is 25.7. The van der Waals surface area contributed by atoms with Crippen molar-refractivity contribution in [1.29, 1.82) is 0 Å². The Kier molecular flexibility index (Phi) is 18.5. The van der Waals surface area contributed by atoms with Crippen LogP contribution in [-0.4, -0.2) is 36.6 Å². The van der Waals surface area contributed by atoms with Gasteiger partial charge >= 0.3 is 0 Å². The SMILES string of the molecule is CCC(C)C(=O)[O-].CCCC[N+](CCCC)(CCCC)CCCC. The number of hydrogen-bond acceptors (Lipinski definition) is 2. The number of rotatable bonds is 14. The molecule has 0 aromatic carbocycles. The lowest BCUT2D eigenvalue weighted by Gasteiger charge is -2.39. The van der Waals surface area contributed by atoms with E-state index in [4.69, 9.17) is 0 Å². The molecule has 146 valence electrons. The number of carboxylic acids is 1. The topological polar surface area (TPSA) is 40.1 Å². The van der Waals surface area contributed by atoms with Crippen LogP contribution in [0, 0.1) is 5.92 Å². The molecule has 0 saturated heterocycles. The van der Waals surface area contributed by atoms with E-state index in [0.29, 0.717) is 6.42 Å². The Labute approximate surface area is 152 Å². The summed E-state index contributed by atoms with van der Waals surface area (Å²) in [7, 11) is 0. The fourth-order valence-electron chi connectivity index (χ4n) is 2.81. The standard InChI is InChI=1S/C16H36N.C5H10O2/c1-5-9-13-17(14-10-6-2,15-11-7-3)16-12-8-4;1-3-4(2)5(6)7/h5-16H2,1-4H3;4H,3H2,1-2H3,(H,6,7)/q+1;/p-1. The van der Waals surface area contributed by atoms with Gasteiger partial charge in [-0.3, -0.25) is 0 Å². The summed E-state index contributed by atoms with van der Waals surface area (Å²) in [6.07, 6.45) is 11.7. The van der Waals surface area contributed by atoms with Crippen molar-refractivity contribution in [3.8, 4) is 0 Å². The van der Waals surface area contributed by atoms with Crippen LogP contribution in [0.1, 0.15) is 99.3 Å². The molecule has 0 aliphatic carbocycles. The van der Waals surface area contributed by atoms with Crippen LogP contribution in [0.2, 0.25) is 0 Å². The number of carboxylic acid groups (broad SMARTS) is 1. The van der Waals surface area contributed by atoms with E-state index in [2.05, 4.69) is 27.7 Å². The molecule has 0 saturated carbocycles. The van der Waals surface area contributed by atoms with Crippen molar-refractivity contribution in [2.24, 2.45) is 5.92 Å². The molecule has 1 unspecified atom stereocenters. The van der Waals surface area contributed by atoms with Gasteiger partial charge < -0.3 is 14.4 Å². The summed E-state index contributed by atoms with van der Waals surface area (Å²) >= 11 is 0. The van der Waals surface area contributed by atoms with Crippen LogP contribution in [0.15, 0.2) is 0 Å². The van der Waals surface area contributed by atoms with E-state index < -0.39 is 5.97 Å². The zero-order valence-corrected chi connectivity index (χ0v) is 17.5. The monoisotopic (exact) mass is 343 g/mol. The van der Waals surface area contributed by atoms with Crippen molar-refractivity contribution < 1.29 is 14.4 Å². The summed E-state index contributed by atoms with van der Waals surface area (Å²) in [5, 5.41) is 9.82. The van der Waals surface area contributed by atoms with Crippen molar-refractivity contribution in [3.05, 3.63) is 0 Å². The van der Waals surface area contributed by atoms with Crippen LogP contribution < -0.4 is 5.11 Å². The molecule has 0 bridgehead atoms. The molecule has 0 amide bonds. The molecular formula is C21H45NO2. The van der Waals surface area contributed by atoms with Crippen LogP contribution in [-0.2, 0) is 4.79 Å². The van der Waals surface area contributed by atoms with Gasteiger partial charge in [0, 0.05) is 5.97 Å². The van der Waals surface area contributed by atoms with Gasteiger partial charge in [-0.05, 0) is 38.0 Å². The van der Waals surface area contributed by atoms with E-state index in [1.165, 1.54) is 82.0 Å². The van der Waals surface area contributed by atoms with Crippen molar-refractivity contribution >= 4 is 5.97 Å². The molecule has 24 heavy (non-hydrogen) atoms.